The molecule has 0 radical (unpaired) electrons. The Hall–Kier alpha value is -1.71. The molecule has 0 saturated carbocycles. The van der Waals surface area contributed by atoms with Gasteiger partial charge >= 0.3 is 12.3 Å². The van der Waals surface area contributed by atoms with Gasteiger partial charge in [0.1, 0.15) is 0 Å². The van der Waals surface area contributed by atoms with Crippen molar-refractivity contribution in [3.8, 4) is 0 Å². The molecule has 1 atom stereocenters. The smallest absolute Gasteiger partial charge is 0.425 e. The number of hydrogen-bond acceptors (Lipinski definition) is 5. The number of ether oxygens (including phenoxy) is 2. The lowest BCUT2D eigenvalue weighted by Crippen LogP contribution is -2.46. The molecular formula is C25H35ClF3N3O3. The number of piperidine rings is 1. The summed E-state index contributed by atoms with van der Waals surface area (Å²) >= 11 is 6.34. The summed E-state index contributed by atoms with van der Waals surface area (Å²) < 4.78 is 48.5. The van der Waals surface area contributed by atoms with Crippen molar-refractivity contribution in [3.05, 3.63) is 28.8 Å². The largest absolute Gasteiger partial charge is 0.437 e. The lowest BCUT2D eigenvalue weighted by Gasteiger charge is -2.39. The van der Waals surface area contributed by atoms with Crippen LogP contribution in [-0.4, -0.2) is 79.6 Å². The summed E-state index contributed by atoms with van der Waals surface area (Å²) in [5.41, 5.74) is 2.36. The number of rotatable bonds is 4. The lowest BCUT2D eigenvalue weighted by molar-refractivity contribution is -0.200. The average Bonchev–Trinajstić information content (AvgIpc) is 3.04. The Morgan fingerprint density at radius 1 is 1.17 bits per heavy atom. The third kappa shape index (κ3) is 6.00. The van der Waals surface area contributed by atoms with E-state index in [1.54, 1.807) is 0 Å². The molecule has 0 N–H and O–H groups in total. The van der Waals surface area contributed by atoms with Crippen LogP contribution in [0.5, 0.6) is 0 Å². The first-order valence-electron chi connectivity index (χ1n) is 12.3. The van der Waals surface area contributed by atoms with Crippen molar-refractivity contribution >= 4 is 23.4 Å². The highest BCUT2D eigenvalue weighted by atomic mass is 35.5. The van der Waals surface area contributed by atoms with Gasteiger partial charge in [-0.2, -0.15) is 13.2 Å². The molecule has 4 rings (SSSR count). The molecule has 0 bridgehead atoms. The van der Waals surface area contributed by atoms with Gasteiger partial charge in [-0.1, -0.05) is 17.7 Å². The second-order valence-electron chi connectivity index (χ2n) is 10.8. The van der Waals surface area contributed by atoms with Crippen LogP contribution in [0.1, 0.15) is 45.6 Å². The minimum absolute atomic E-state index is 0.0292. The Morgan fingerprint density at radius 3 is 2.46 bits per heavy atom. The van der Waals surface area contributed by atoms with Crippen molar-refractivity contribution in [2.24, 2.45) is 5.41 Å². The first kappa shape index (κ1) is 26.4. The molecule has 1 aromatic carbocycles. The molecule has 1 unspecified atom stereocenters. The Bertz CT molecular complexity index is 913. The summed E-state index contributed by atoms with van der Waals surface area (Å²) in [7, 11) is 0. The average molecular weight is 518 g/mol. The van der Waals surface area contributed by atoms with Gasteiger partial charge in [0.2, 0.25) is 0 Å². The van der Waals surface area contributed by atoms with Crippen molar-refractivity contribution < 1.29 is 27.4 Å². The van der Waals surface area contributed by atoms with Crippen LogP contribution >= 0.6 is 11.6 Å². The highest BCUT2D eigenvalue weighted by Gasteiger charge is 2.50. The fourth-order valence-electron chi connectivity index (χ4n) is 5.74. The predicted molar refractivity (Wildman–Crippen MR) is 129 cm³/mol. The molecule has 10 heteroatoms. The number of carbonyl (C=O) groups excluding carboxylic acids is 1. The van der Waals surface area contributed by atoms with Crippen molar-refractivity contribution in [3.63, 3.8) is 0 Å². The minimum atomic E-state index is -4.55. The maximum absolute atomic E-state index is 12.8. The van der Waals surface area contributed by atoms with E-state index < -0.39 is 18.4 Å². The molecule has 0 aromatic heterocycles. The molecular weight excluding hydrogens is 483 g/mol. The quantitative estimate of drug-likeness (QED) is 0.540. The van der Waals surface area contributed by atoms with Crippen LogP contribution in [0.2, 0.25) is 5.02 Å². The molecule has 35 heavy (non-hydrogen) atoms. The van der Waals surface area contributed by atoms with E-state index in [1.165, 1.54) is 10.5 Å². The summed E-state index contributed by atoms with van der Waals surface area (Å²) in [6, 6.07) is 6.08. The molecule has 3 saturated heterocycles. The van der Waals surface area contributed by atoms with Crippen LogP contribution in [-0.2, 0) is 16.0 Å². The summed E-state index contributed by atoms with van der Waals surface area (Å²) in [6.07, 6.45) is -5.06. The minimum Gasteiger partial charge on any atom is -0.437 e. The molecule has 3 heterocycles. The van der Waals surface area contributed by atoms with E-state index in [0.29, 0.717) is 31.3 Å². The van der Waals surface area contributed by atoms with Crippen LogP contribution in [0, 0.1) is 5.41 Å². The SMILES string of the molecule is CC(OC(=O)N1CCC2(CC1)CN(Cc1ccc(Cl)cc1N1CCOCC1)C(C)(C)C2)C(F)(F)F. The predicted octanol–water partition coefficient (Wildman–Crippen LogP) is 5.33. The Morgan fingerprint density at radius 2 is 1.83 bits per heavy atom. The molecule has 1 aromatic rings. The lowest BCUT2D eigenvalue weighted by atomic mass is 9.74. The van der Waals surface area contributed by atoms with Gasteiger partial charge in [-0.05, 0) is 63.1 Å². The van der Waals surface area contributed by atoms with Gasteiger partial charge in [0.05, 0.1) is 13.2 Å². The Labute approximate surface area is 210 Å². The van der Waals surface area contributed by atoms with Crippen LogP contribution in [0.4, 0.5) is 23.7 Å². The molecule has 196 valence electrons. The molecule has 1 amide bonds. The van der Waals surface area contributed by atoms with Gasteiger partial charge in [0, 0.05) is 55.5 Å². The monoisotopic (exact) mass is 517 g/mol. The number of likely N-dealkylation sites (tertiary alicyclic amines) is 2. The van der Waals surface area contributed by atoms with Crippen molar-refractivity contribution in [1.29, 1.82) is 0 Å². The normalized spacial score (nSPS) is 23.5. The second-order valence-corrected chi connectivity index (χ2v) is 11.2. The molecule has 3 fully saturated rings. The summed E-state index contributed by atoms with van der Waals surface area (Å²) in [4.78, 5) is 18.5. The molecule has 3 aliphatic rings. The number of amides is 1. The molecule has 6 nitrogen and oxygen atoms in total. The molecule has 3 aliphatic heterocycles. The van der Waals surface area contributed by atoms with Crippen LogP contribution in [0.3, 0.4) is 0 Å². The van der Waals surface area contributed by atoms with Crippen molar-refractivity contribution in [1.82, 2.24) is 9.80 Å². The Balaban J connectivity index is 1.41. The first-order chi connectivity index (χ1) is 16.4. The topological polar surface area (TPSA) is 45.2 Å². The van der Waals surface area contributed by atoms with Gasteiger partial charge in [-0.3, -0.25) is 4.90 Å². The van der Waals surface area contributed by atoms with Crippen molar-refractivity contribution in [2.75, 3.05) is 50.8 Å². The van der Waals surface area contributed by atoms with E-state index in [4.69, 9.17) is 16.3 Å². The number of anilines is 1. The Kier molecular flexibility index (Phi) is 7.51. The number of halogens is 4. The standard InChI is InChI=1S/C25H35ClF3N3O3/c1-18(25(27,28)29)35-22(33)31-8-6-24(7-9-31)16-23(2,3)32(17-24)15-19-4-5-20(26)14-21(19)30-10-12-34-13-11-30/h4-5,14,18H,6-13,15-17H2,1-3H3. The number of benzene rings is 1. The zero-order valence-electron chi connectivity index (χ0n) is 20.7. The fraction of sp³-hybridized carbons (Fsp3) is 0.720. The third-order valence-corrected chi connectivity index (χ3v) is 8.01. The van der Waals surface area contributed by atoms with Gasteiger partial charge in [-0.25, -0.2) is 4.79 Å². The van der Waals surface area contributed by atoms with E-state index in [9.17, 15) is 18.0 Å². The number of hydrogen-bond donors (Lipinski definition) is 0. The van der Waals surface area contributed by atoms with Crippen LogP contribution < -0.4 is 4.90 Å². The number of alkyl halides is 3. The number of nitrogens with zero attached hydrogens (tertiary/aromatic N) is 3. The summed E-state index contributed by atoms with van der Waals surface area (Å²) in [5.74, 6) is 0. The van der Waals surface area contributed by atoms with Gasteiger partial charge in [0.25, 0.3) is 0 Å². The van der Waals surface area contributed by atoms with E-state index in [-0.39, 0.29) is 11.0 Å². The molecule has 0 aliphatic carbocycles. The van der Waals surface area contributed by atoms with E-state index in [1.807, 2.05) is 12.1 Å². The number of morpholine rings is 1. The zero-order chi connectivity index (χ0) is 25.4. The highest BCUT2D eigenvalue weighted by Crippen LogP contribution is 2.49. The zero-order valence-corrected chi connectivity index (χ0v) is 21.4. The summed E-state index contributed by atoms with van der Waals surface area (Å²) in [5, 5.41) is 0.714. The van der Waals surface area contributed by atoms with E-state index in [2.05, 4.69) is 34.5 Å². The summed E-state index contributed by atoms with van der Waals surface area (Å²) in [6.45, 7) is 10.9. The van der Waals surface area contributed by atoms with E-state index >= 15 is 0 Å². The van der Waals surface area contributed by atoms with Gasteiger partial charge < -0.3 is 19.3 Å². The highest BCUT2D eigenvalue weighted by molar-refractivity contribution is 6.30. The van der Waals surface area contributed by atoms with E-state index in [0.717, 1.165) is 58.1 Å². The maximum atomic E-state index is 12.8. The van der Waals surface area contributed by atoms with Gasteiger partial charge in [-0.15, -0.1) is 0 Å². The second kappa shape index (κ2) is 9.98. The van der Waals surface area contributed by atoms with Crippen LogP contribution in [0.25, 0.3) is 0 Å². The maximum Gasteiger partial charge on any atom is 0.425 e. The fourth-order valence-corrected chi connectivity index (χ4v) is 5.91. The third-order valence-electron chi connectivity index (χ3n) is 7.77. The molecule has 1 spiro atoms. The number of carbonyl (C=O) groups is 1. The first-order valence-corrected chi connectivity index (χ1v) is 12.6. The van der Waals surface area contributed by atoms with Crippen LogP contribution in [0.15, 0.2) is 18.2 Å². The van der Waals surface area contributed by atoms with Crippen molar-refractivity contribution in [2.45, 2.75) is 64.4 Å². The van der Waals surface area contributed by atoms with Gasteiger partial charge in [0.15, 0.2) is 6.10 Å².